The van der Waals surface area contributed by atoms with E-state index < -0.39 is 11.9 Å². The summed E-state index contributed by atoms with van der Waals surface area (Å²) in [7, 11) is 0. The maximum Gasteiger partial charge on any atom is 0.362 e. The number of carbonyl (C=O) groups is 2. The van der Waals surface area contributed by atoms with Gasteiger partial charge in [-0.25, -0.2) is 9.59 Å². The molecule has 4 heteroatoms. The molecule has 1 heterocycles. The van der Waals surface area contributed by atoms with Crippen LogP contribution in [0.3, 0.4) is 0 Å². The molecule has 0 saturated heterocycles. The minimum Gasteiger partial charge on any atom is -0.392 e. The summed E-state index contributed by atoms with van der Waals surface area (Å²) in [6.07, 6.45) is 3.18. The fourth-order valence-electron chi connectivity index (χ4n) is 1.32. The molecule has 16 heavy (non-hydrogen) atoms. The van der Waals surface area contributed by atoms with Gasteiger partial charge in [0.05, 0.1) is 5.57 Å². The summed E-state index contributed by atoms with van der Waals surface area (Å²) >= 11 is 0. The third-order valence-electron chi connectivity index (χ3n) is 2.16. The van der Waals surface area contributed by atoms with E-state index in [4.69, 9.17) is 5.73 Å². The highest BCUT2D eigenvalue weighted by Gasteiger charge is 2.28. The normalized spacial score (nSPS) is 16.0. The molecule has 1 aliphatic heterocycles. The number of esters is 2. The van der Waals surface area contributed by atoms with Crippen LogP contribution in [0.15, 0.2) is 47.7 Å². The van der Waals surface area contributed by atoms with E-state index in [0.717, 1.165) is 5.56 Å². The number of nitrogens with two attached hydrogens (primary N) is 1. The lowest BCUT2D eigenvalue weighted by atomic mass is 10.1. The van der Waals surface area contributed by atoms with Crippen molar-refractivity contribution >= 4 is 18.0 Å². The van der Waals surface area contributed by atoms with Crippen LogP contribution in [0.4, 0.5) is 0 Å². The molecule has 0 aliphatic carbocycles. The van der Waals surface area contributed by atoms with Gasteiger partial charge in [0, 0.05) is 0 Å². The molecule has 0 bridgehead atoms. The monoisotopic (exact) mass is 215 g/mol. The Bertz CT molecular complexity index is 500. The lowest BCUT2D eigenvalue weighted by molar-refractivity contribution is -0.151. The van der Waals surface area contributed by atoms with Crippen molar-refractivity contribution in [2.75, 3.05) is 0 Å². The summed E-state index contributed by atoms with van der Waals surface area (Å²) in [6, 6.07) is 9.37. The summed E-state index contributed by atoms with van der Waals surface area (Å²) < 4.78 is 4.35. The molecule has 4 nitrogen and oxygen atoms in total. The van der Waals surface area contributed by atoms with E-state index in [1.807, 2.05) is 30.3 Å². The van der Waals surface area contributed by atoms with E-state index in [1.165, 1.54) is 6.08 Å². The summed E-state index contributed by atoms with van der Waals surface area (Å²) in [4.78, 5) is 22.1. The van der Waals surface area contributed by atoms with Crippen LogP contribution in [0.2, 0.25) is 0 Å². The van der Waals surface area contributed by atoms with Gasteiger partial charge in [-0.15, -0.1) is 0 Å². The zero-order valence-corrected chi connectivity index (χ0v) is 8.34. The Morgan fingerprint density at radius 1 is 1.00 bits per heavy atom. The van der Waals surface area contributed by atoms with E-state index in [-0.39, 0.29) is 11.3 Å². The van der Waals surface area contributed by atoms with Crippen LogP contribution in [0.1, 0.15) is 5.56 Å². The van der Waals surface area contributed by atoms with E-state index in [1.54, 1.807) is 6.08 Å². The number of hydrogen-bond donors (Lipinski definition) is 1. The average Bonchev–Trinajstić information content (AvgIpc) is 2.53. The number of hydrogen-bond acceptors (Lipinski definition) is 4. The van der Waals surface area contributed by atoms with Gasteiger partial charge in [-0.3, -0.25) is 0 Å². The first-order valence-corrected chi connectivity index (χ1v) is 4.68. The van der Waals surface area contributed by atoms with Crippen LogP contribution in [0.5, 0.6) is 0 Å². The second kappa shape index (κ2) is 4.02. The van der Waals surface area contributed by atoms with Gasteiger partial charge in [-0.2, -0.15) is 0 Å². The molecule has 2 N–H and O–H groups in total. The standard InChI is InChI=1S/C12H9NO3/c13-10-9(11(14)16-12(10)15)7-6-8-4-2-1-3-5-8/h1-7H,13H2. The zero-order valence-electron chi connectivity index (χ0n) is 8.34. The molecule has 1 aliphatic rings. The predicted molar refractivity (Wildman–Crippen MR) is 57.8 cm³/mol. The number of cyclic esters (lactones) is 2. The molecular weight excluding hydrogens is 206 g/mol. The molecule has 80 valence electrons. The van der Waals surface area contributed by atoms with E-state index in [2.05, 4.69) is 4.74 Å². The van der Waals surface area contributed by atoms with Crippen LogP contribution in [-0.4, -0.2) is 11.9 Å². The van der Waals surface area contributed by atoms with Crippen molar-refractivity contribution in [1.82, 2.24) is 0 Å². The van der Waals surface area contributed by atoms with Crippen LogP contribution in [0.25, 0.3) is 6.08 Å². The molecule has 1 aromatic rings. The Kier molecular flexibility index (Phi) is 2.55. The van der Waals surface area contributed by atoms with Gasteiger partial charge in [0.2, 0.25) is 0 Å². The fourth-order valence-corrected chi connectivity index (χ4v) is 1.32. The molecule has 0 amide bonds. The van der Waals surface area contributed by atoms with Crippen molar-refractivity contribution in [2.24, 2.45) is 5.73 Å². The van der Waals surface area contributed by atoms with E-state index >= 15 is 0 Å². The highest BCUT2D eigenvalue weighted by molar-refractivity contribution is 6.13. The molecule has 2 rings (SSSR count). The molecule has 0 unspecified atom stereocenters. The van der Waals surface area contributed by atoms with Gasteiger partial charge in [-0.05, 0) is 11.6 Å². The van der Waals surface area contributed by atoms with Crippen molar-refractivity contribution in [3.05, 3.63) is 53.2 Å². The van der Waals surface area contributed by atoms with Gasteiger partial charge in [0.1, 0.15) is 5.70 Å². The van der Waals surface area contributed by atoms with Crippen LogP contribution < -0.4 is 5.73 Å². The molecule has 0 saturated carbocycles. The van der Waals surface area contributed by atoms with Crippen molar-refractivity contribution < 1.29 is 14.3 Å². The van der Waals surface area contributed by atoms with E-state index in [0.29, 0.717) is 0 Å². The molecule has 0 spiro atoms. The summed E-state index contributed by atoms with van der Waals surface area (Å²) in [5, 5.41) is 0. The van der Waals surface area contributed by atoms with E-state index in [9.17, 15) is 9.59 Å². The third kappa shape index (κ3) is 1.86. The molecule has 0 aromatic heterocycles. The Labute approximate surface area is 92.0 Å². The van der Waals surface area contributed by atoms with Crippen molar-refractivity contribution in [3.63, 3.8) is 0 Å². The first-order chi connectivity index (χ1) is 7.68. The molecule has 1 aromatic carbocycles. The smallest absolute Gasteiger partial charge is 0.362 e. The molecular formula is C12H9NO3. The summed E-state index contributed by atoms with van der Waals surface area (Å²) in [6.45, 7) is 0. The first kappa shape index (κ1) is 10.2. The lowest BCUT2D eigenvalue weighted by Gasteiger charge is -1.91. The van der Waals surface area contributed by atoms with Gasteiger partial charge in [0.15, 0.2) is 0 Å². The molecule has 0 atom stereocenters. The minimum atomic E-state index is -0.780. The number of carbonyl (C=O) groups excluding carboxylic acids is 2. The molecule has 0 fully saturated rings. The first-order valence-electron chi connectivity index (χ1n) is 4.68. The SMILES string of the molecule is NC1=C(C=Cc2ccccc2)C(=O)OC1=O. The summed E-state index contributed by atoms with van der Waals surface area (Å²) in [5.41, 5.74) is 6.29. The fraction of sp³-hybridized carbons (Fsp3) is 0. The Hall–Kier alpha value is -2.36. The maximum absolute atomic E-state index is 11.2. The van der Waals surface area contributed by atoms with Crippen LogP contribution in [0, 0.1) is 0 Å². The Balaban J connectivity index is 2.26. The van der Waals surface area contributed by atoms with Crippen molar-refractivity contribution in [1.29, 1.82) is 0 Å². The minimum absolute atomic E-state index is 0.105. The van der Waals surface area contributed by atoms with Crippen molar-refractivity contribution in [2.45, 2.75) is 0 Å². The third-order valence-corrected chi connectivity index (χ3v) is 2.16. The van der Waals surface area contributed by atoms with Crippen molar-refractivity contribution in [3.8, 4) is 0 Å². The predicted octanol–water partition coefficient (Wildman–Crippen LogP) is 0.996. The van der Waals surface area contributed by atoms with Gasteiger partial charge in [0.25, 0.3) is 0 Å². The van der Waals surface area contributed by atoms with Gasteiger partial charge < -0.3 is 10.5 Å². The highest BCUT2D eigenvalue weighted by Crippen LogP contribution is 2.15. The Morgan fingerprint density at radius 3 is 2.25 bits per heavy atom. The number of ether oxygens (including phenoxy) is 1. The highest BCUT2D eigenvalue weighted by atomic mass is 16.6. The average molecular weight is 215 g/mol. The van der Waals surface area contributed by atoms with Gasteiger partial charge >= 0.3 is 11.9 Å². The number of rotatable bonds is 2. The van der Waals surface area contributed by atoms with Crippen LogP contribution >= 0.6 is 0 Å². The molecule has 0 radical (unpaired) electrons. The second-order valence-corrected chi connectivity index (χ2v) is 3.25. The van der Waals surface area contributed by atoms with Crippen LogP contribution in [-0.2, 0) is 14.3 Å². The zero-order chi connectivity index (χ0) is 11.5. The topological polar surface area (TPSA) is 69.4 Å². The lowest BCUT2D eigenvalue weighted by Crippen LogP contribution is -2.07. The number of benzene rings is 1. The maximum atomic E-state index is 11.2. The largest absolute Gasteiger partial charge is 0.392 e. The second-order valence-electron chi connectivity index (χ2n) is 3.25. The Morgan fingerprint density at radius 2 is 1.69 bits per heavy atom. The summed E-state index contributed by atoms with van der Waals surface area (Å²) in [5.74, 6) is -1.48. The quantitative estimate of drug-likeness (QED) is 0.590. The van der Waals surface area contributed by atoms with Gasteiger partial charge in [-0.1, -0.05) is 36.4 Å².